The Bertz CT molecular complexity index is 266. The summed E-state index contributed by atoms with van der Waals surface area (Å²) in [4.78, 5) is 0. The van der Waals surface area contributed by atoms with E-state index in [1.165, 1.54) is 24.8 Å². The highest BCUT2D eigenvalue weighted by molar-refractivity contribution is 9.09. The molecule has 0 N–H and O–H groups in total. The Morgan fingerprint density at radius 3 is 2.56 bits per heavy atom. The number of halogens is 1. The van der Waals surface area contributed by atoms with Crippen molar-refractivity contribution < 1.29 is 4.43 Å². The van der Waals surface area contributed by atoms with Crippen LogP contribution in [0.15, 0.2) is 11.6 Å². The molecule has 0 aliphatic heterocycles. The van der Waals surface area contributed by atoms with Gasteiger partial charge in [0.2, 0.25) is 0 Å². The molecule has 0 bridgehead atoms. The Hall–Kier alpha value is 0.397. The molecule has 0 radical (unpaired) electrons. The van der Waals surface area contributed by atoms with Gasteiger partial charge in [-0.25, -0.2) is 0 Å². The maximum Gasteiger partial charge on any atom is 0.192 e. The van der Waals surface area contributed by atoms with Crippen LogP contribution in [0.4, 0.5) is 0 Å². The van der Waals surface area contributed by atoms with Gasteiger partial charge in [-0.2, -0.15) is 0 Å². The highest BCUT2D eigenvalue weighted by Gasteiger charge is 2.39. The molecule has 0 amide bonds. The predicted octanol–water partition coefficient (Wildman–Crippen LogP) is 4.88. The molecule has 1 aliphatic rings. The van der Waals surface area contributed by atoms with Crippen LogP contribution >= 0.6 is 15.9 Å². The summed E-state index contributed by atoms with van der Waals surface area (Å²) in [6.45, 7) is 11.6. The third-order valence-corrected chi connectivity index (χ3v) is 9.06. The lowest BCUT2D eigenvalue weighted by molar-refractivity contribution is 0.205. The summed E-state index contributed by atoms with van der Waals surface area (Å²) in [7, 11) is -1.59. The van der Waals surface area contributed by atoms with Gasteiger partial charge in [0.1, 0.15) is 0 Å². The number of rotatable bonds is 3. The van der Waals surface area contributed by atoms with E-state index in [0.717, 1.165) is 5.33 Å². The van der Waals surface area contributed by atoms with Crippen LogP contribution in [0.1, 0.15) is 40.0 Å². The number of hydrogen-bond donors (Lipinski definition) is 0. The zero-order valence-electron chi connectivity index (χ0n) is 11.3. The van der Waals surface area contributed by atoms with Gasteiger partial charge in [0.05, 0.1) is 6.10 Å². The van der Waals surface area contributed by atoms with Crippen molar-refractivity contribution in [2.45, 2.75) is 64.3 Å². The van der Waals surface area contributed by atoms with E-state index in [2.05, 4.69) is 55.9 Å². The van der Waals surface area contributed by atoms with Crippen molar-refractivity contribution >= 4 is 24.2 Å². The average molecular weight is 305 g/mol. The Labute approximate surface area is 110 Å². The second-order valence-electron chi connectivity index (χ2n) is 6.27. The first-order valence-corrected chi connectivity index (χ1v) is 10.2. The molecule has 0 saturated heterocycles. The first-order chi connectivity index (χ1) is 7.26. The maximum absolute atomic E-state index is 6.42. The standard InChI is InChI=1S/C13H25BrOSi/c1-13(2,3)16(4,5)15-12-8-6-7-11(9-12)10-14/h9,12H,6-8,10H2,1-5H3. The van der Waals surface area contributed by atoms with Gasteiger partial charge < -0.3 is 4.43 Å². The molecular formula is C13H25BrOSi. The second kappa shape index (κ2) is 5.36. The van der Waals surface area contributed by atoms with E-state index in [1.807, 2.05) is 0 Å². The molecule has 1 unspecified atom stereocenters. The number of alkyl halides is 1. The first-order valence-electron chi connectivity index (χ1n) is 6.19. The van der Waals surface area contributed by atoms with E-state index < -0.39 is 8.32 Å². The SMILES string of the molecule is CC(C)(C)[Si](C)(C)OC1C=C(CBr)CCC1. The lowest BCUT2D eigenvalue weighted by Gasteiger charge is -2.39. The van der Waals surface area contributed by atoms with Crippen molar-refractivity contribution in [1.29, 1.82) is 0 Å². The van der Waals surface area contributed by atoms with E-state index in [0.29, 0.717) is 11.1 Å². The Morgan fingerprint density at radius 2 is 2.06 bits per heavy atom. The molecule has 0 aromatic heterocycles. The maximum atomic E-state index is 6.42. The fourth-order valence-electron chi connectivity index (χ4n) is 1.72. The van der Waals surface area contributed by atoms with E-state index >= 15 is 0 Å². The summed E-state index contributed by atoms with van der Waals surface area (Å²) in [6, 6.07) is 0. The largest absolute Gasteiger partial charge is 0.411 e. The molecule has 16 heavy (non-hydrogen) atoms. The van der Waals surface area contributed by atoms with Crippen molar-refractivity contribution in [3.05, 3.63) is 11.6 Å². The summed E-state index contributed by atoms with van der Waals surface area (Å²) >= 11 is 3.55. The van der Waals surface area contributed by atoms with Crippen LogP contribution < -0.4 is 0 Å². The van der Waals surface area contributed by atoms with Crippen molar-refractivity contribution in [3.63, 3.8) is 0 Å². The zero-order chi connectivity index (χ0) is 12.4. The molecule has 0 heterocycles. The normalized spacial score (nSPS) is 23.1. The van der Waals surface area contributed by atoms with Crippen LogP contribution in [-0.2, 0) is 4.43 Å². The zero-order valence-corrected chi connectivity index (χ0v) is 13.9. The molecule has 0 aromatic rings. The molecule has 1 nitrogen and oxygen atoms in total. The van der Waals surface area contributed by atoms with Gasteiger partial charge in [-0.3, -0.25) is 0 Å². The minimum Gasteiger partial charge on any atom is -0.411 e. The fraction of sp³-hybridized carbons (Fsp3) is 0.846. The van der Waals surface area contributed by atoms with Crippen molar-refractivity contribution in [2.75, 3.05) is 5.33 Å². The molecule has 1 atom stereocenters. The van der Waals surface area contributed by atoms with Gasteiger partial charge in [0.15, 0.2) is 8.32 Å². The molecule has 94 valence electrons. The minimum absolute atomic E-state index is 0.312. The highest BCUT2D eigenvalue weighted by Crippen LogP contribution is 2.38. The molecule has 1 aliphatic carbocycles. The number of allylic oxidation sites excluding steroid dienone is 1. The van der Waals surface area contributed by atoms with Crippen LogP contribution in [0.3, 0.4) is 0 Å². The molecule has 1 rings (SSSR count). The first kappa shape index (κ1) is 14.5. The number of hydrogen-bond acceptors (Lipinski definition) is 1. The molecule has 0 saturated carbocycles. The third kappa shape index (κ3) is 3.71. The van der Waals surface area contributed by atoms with Crippen molar-refractivity contribution in [2.24, 2.45) is 0 Å². The second-order valence-corrected chi connectivity index (χ2v) is 11.6. The van der Waals surface area contributed by atoms with Crippen molar-refractivity contribution in [3.8, 4) is 0 Å². The Balaban J connectivity index is 2.67. The van der Waals surface area contributed by atoms with Gasteiger partial charge in [-0.15, -0.1) is 0 Å². The van der Waals surface area contributed by atoms with Gasteiger partial charge >= 0.3 is 0 Å². The molecule has 3 heteroatoms. The lowest BCUT2D eigenvalue weighted by atomic mass is 9.99. The fourth-order valence-corrected chi connectivity index (χ4v) is 3.48. The lowest BCUT2D eigenvalue weighted by Crippen LogP contribution is -2.43. The topological polar surface area (TPSA) is 9.23 Å². The van der Waals surface area contributed by atoms with Gasteiger partial charge in [-0.05, 0) is 37.4 Å². The van der Waals surface area contributed by atoms with Gasteiger partial charge in [-0.1, -0.05) is 48.4 Å². The van der Waals surface area contributed by atoms with E-state index in [9.17, 15) is 0 Å². The molecule has 0 aromatic carbocycles. The van der Waals surface area contributed by atoms with Crippen LogP contribution in [0, 0.1) is 0 Å². The molecule has 0 fully saturated rings. The smallest absolute Gasteiger partial charge is 0.192 e. The van der Waals surface area contributed by atoms with Crippen LogP contribution in [0.25, 0.3) is 0 Å². The van der Waals surface area contributed by atoms with Gasteiger partial charge in [0.25, 0.3) is 0 Å². The van der Waals surface area contributed by atoms with E-state index in [-0.39, 0.29) is 0 Å². The summed E-state index contributed by atoms with van der Waals surface area (Å²) < 4.78 is 6.42. The Morgan fingerprint density at radius 1 is 1.44 bits per heavy atom. The van der Waals surface area contributed by atoms with Crippen LogP contribution in [0.5, 0.6) is 0 Å². The quantitative estimate of drug-likeness (QED) is 0.410. The summed E-state index contributed by atoms with van der Waals surface area (Å²) in [5.74, 6) is 0. The van der Waals surface area contributed by atoms with Crippen LogP contribution in [0.2, 0.25) is 18.1 Å². The third-order valence-electron chi connectivity index (χ3n) is 3.83. The van der Waals surface area contributed by atoms with Crippen LogP contribution in [-0.4, -0.2) is 19.8 Å². The minimum atomic E-state index is -1.59. The van der Waals surface area contributed by atoms with E-state index in [1.54, 1.807) is 0 Å². The predicted molar refractivity (Wildman–Crippen MR) is 77.8 cm³/mol. The molecular weight excluding hydrogens is 280 g/mol. The molecule has 0 spiro atoms. The highest BCUT2D eigenvalue weighted by atomic mass is 79.9. The average Bonchev–Trinajstić information content (AvgIpc) is 2.15. The van der Waals surface area contributed by atoms with Gasteiger partial charge in [0, 0.05) is 5.33 Å². The summed E-state index contributed by atoms with van der Waals surface area (Å²) in [6.07, 6.45) is 6.42. The summed E-state index contributed by atoms with van der Waals surface area (Å²) in [5.41, 5.74) is 1.51. The Kier molecular flexibility index (Phi) is 4.84. The summed E-state index contributed by atoms with van der Waals surface area (Å²) in [5, 5.41) is 1.32. The van der Waals surface area contributed by atoms with E-state index in [4.69, 9.17) is 4.43 Å². The monoisotopic (exact) mass is 304 g/mol. The van der Waals surface area contributed by atoms with Crippen molar-refractivity contribution in [1.82, 2.24) is 0 Å².